The molecule has 1 unspecified atom stereocenters. The van der Waals surface area contributed by atoms with E-state index in [4.69, 9.17) is 16.3 Å². The highest BCUT2D eigenvalue weighted by atomic mass is 35.5. The first-order valence-corrected chi connectivity index (χ1v) is 6.01. The van der Waals surface area contributed by atoms with Crippen LogP contribution in [0.4, 0.5) is 5.82 Å². The van der Waals surface area contributed by atoms with Gasteiger partial charge in [-0.3, -0.25) is 0 Å². The van der Waals surface area contributed by atoms with Gasteiger partial charge in [0.1, 0.15) is 0 Å². The van der Waals surface area contributed by atoms with Crippen LogP contribution in [0.2, 0.25) is 0 Å². The van der Waals surface area contributed by atoms with Crippen molar-refractivity contribution in [2.45, 2.75) is 25.6 Å². The number of nitrogens with zero attached hydrogens (tertiary/aromatic N) is 2. The molecule has 0 aliphatic carbocycles. The lowest BCUT2D eigenvalue weighted by molar-refractivity contribution is 0.316. The van der Waals surface area contributed by atoms with Gasteiger partial charge < -0.3 is 9.64 Å². The third kappa shape index (κ3) is 3.89. The molecule has 4 heteroatoms. The monoisotopic (exact) mass is 242 g/mol. The zero-order valence-electron chi connectivity index (χ0n) is 10.1. The molecule has 0 amide bonds. The number of aromatic nitrogens is 1. The zero-order valence-corrected chi connectivity index (χ0v) is 10.9. The summed E-state index contributed by atoms with van der Waals surface area (Å²) in [4.78, 5) is 6.34. The summed E-state index contributed by atoms with van der Waals surface area (Å²) in [6.07, 6.45) is 2.76. The Kier molecular flexibility index (Phi) is 5.39. The third-order valence-electron chi connectivity index (χ3n) is 2.10. The molecule has 0 bridgehead atoms. The van der Waals surface area contributed by atoms with Crippen molar-refractivity contribution in [1.29, 1.82) is 0 Å². The fourth-order valence-corrected chi connectivity index (χ4v) is 1.66. The molecule has 1 atom stereocenters. The molecule has 16 heavy (non-hydrogen) atoms. The van der Waals surface area contributed by atoms with E-state index in [1.54, 1.807) is 6.20 Å². The number of pyridine rings is 1. The largest absolute Gasteiger partial charge is 0.490 e. The molecule has 1 heterocycles. The van der Waals surface area contributed by atoms with E-state index in [0.717, 1.165) is 24.5 Å². The van der Waals surface area contributed by atoms with Crippen LogP contribution in [-0.2, 0) is 0 Å². The SMILES string of the molecule is CCCOc1cccnc1N(C)CC(C)Cl. The van der Waals surface area contributed by atoms with E-state index in [-0.39, 0.29) is 5.38 Å². The van der Waals surface area contributed by atoms with Gasteiger partial charge in [0.25, 0.3) is 0 Å². The van der Waals surface area contributed by atoms with Crippen LogP contribution in [0, 0.1) is 0 Å². The summed E-state index contributed by atoms with van der Waals surface area (Å²) in [6, 6.07) is 3.82. The molecule has 0 spiro atoms. The Hall–Kier alpha value is -0.960. The quantitative estimate of drug-likeness (QED) is 0.718. The second-order valence-corrected chi connectivity index (χ2v) is 4.58. The lowest BCUT2D eigenvalue weighted by Gasteiger charge is -2.21. The second-order valence-electron chi connectivity index (χ2n) is 3.83. The van der Waals surface area contributed by atoms with Crippen LogP contribution < -0.4 is 9.64 Å². The molecule has 1 rings (SSSR count). The van der Waals surface area contributed by atoms with Gasteiger partial charge in [-0.15, -0.1) is 11.6 Å². The molecule has 0 fully saturated rings. The van der Waals surface area contributed by atoms with Crippen molar-refractivity contribution in [2.75, 3.05) is 25.1 Å². The molecule has 0 aliphatic rings. The van der Waals surface area contributed by atoms with E-state index in [9.17, 15) is 0 Å². The van der Waals surface area contributed by atoms with Crippen LogP contribution in [0.5, 0.6) is 5.75 Å². The number of hydrogen-bond acceptors (Lipinski definition) is 3. The second kappa shape index (κ2) is 6.59. The molecule has 1 aromatic heterocycles. The van der Waals surface area contributed by atoms with Gasteiger partial charge in [-0.1, -0.05) is 6.92 Å². The Morgan fingerprint density at radius 2 is 2.31 bits per heavy atom. The van der Waals surface area contributed by atoms with Gasteiger partial charge in [0.15, 0.2) is 11.6 Å². The molecule has 0 saturated heterocycles. The van der Waals surface area contributed by atoms with Crippen molar-refractivity contribution in [2.24, 2.45) is 0 Å². The molecule has 90 valence electrons. The maximum Gasteiger partial charge on any atom is 0.171 e. The summed E-state index contributed by atoms with van der Waals surface area (Å²) < 4.78 is 5.64. The molecule has 0 radical (unpaired) electrons. The van der Waals surface area contributed by atoms with Gasteiger partial charge in [-0.25, -0.2) is 4.98 Å². The average molecular weight is 243 g/mol. The number of hydrogen-bond donors (Lipinski definition) is 0. The number of anilines is 1. The van der Waals surface area contributed by atoms with E-state index >= 15 is 0 Å². The zero-order chi connectivity index (χ0) is 12.0. The van der Waals surface area contributed by atoms with Gasteiger partial charge in [0.05, 0.1) is 6.61 Å². The summed E-state index contributed by atoms with van der Waals surface area (Å²) in [5.41, 5.74) is 0. The van der Waals surface area contributed by atoms with Crippen molar-refractivity contribution in [3.63, 3.8) is 0 Å². The van der Waals surface area contributed by atoms with Crippen LogP contribution in [-0.4, -0.2) is 30.6 Å². The van der Waals surface area contributed by atoms with Gasteiger partial charge in [-0.2, -0.15) is 0 Å². The van der Waals surface area contributed by atoms with Crippen LogP contribution >= 0.6 is 11.6 Å². The Morgan fingerprint density at radius 3 is 2.94 bits per heavy atom. The minimum atomic E-state index is 0.0889. The average Bonchev–Trinajstić information content (AvgIpc) is 2.25. The Morgan fingerprint density at radius 1 is 1.56 bits per heavy atom. The van der Waals surface area contributed by atoms with E-state index in [0.29, 0.717) is 6.61 Å². The lowest BCUT2D eigenvalue weighted by Crippen LogP contribution is -2.25. The smallest absolute Gasteiger partial charge is 0.171 e. The molecular formula is C12H19ClN2O. The topological polar surface area (TPSA) is 25.4 Å². The Labute approximate surface area is 102 Å². The lowest BCUT2D eigenvalue weighted by atomic mass is 10.3. The molecule has 3 nitrogen and oxygen atoms in total. The minimum Gasteiger partial charge on any atom is -0.490 e. The first-order chi connectivity index (χ1) is 7.65. The maximum atomic E-state index is 5.97. The summed E-state index contributed by atoms with van der Waals surface area (Å²) in [5, 5.41) is 0.0889. The maximum absolute atomic E-state index is 5.97. The van der Waals surface area contributed by atoms with Crippen molar-refractivity contribution in [3.05, 3.63) is 18.3 Å². The van der Waals surface area contributed by atoms with E-state index in [1.807, 2.05) is 31.0 Å². The predicted octanol–water partition coefficient (Wildman–Crippen LogP) is 2.93. The van der Waals surface area contributed by atoms with Crippen molar-refractivity contribution in [3.8, 4) is 5.75 Å². The van der Waals surface area contributed by atoms with Crippen molar-refractivity contribution < 1.29 is 4.74 Å². The van der Waals surface area contributed by atoms with E-state index < -0.39 is 0 Å². The van der Waals surface area contributed by atoms with Gasteiger partial charge in [0, 0.05) is 25.2 Å². The normalized spacial score (nSPS) is 12.2. The summed E-state index contributed by atoms with van der Waals surface area (Å²) >= 11 is 5.97. The predicted molar refractivity (Wildman–Crippen MR) is 68.6 cm³/mol. The molecular weight excluding hydrogens is 224 g/mol. The van der Waals surface area contributed by atoms with E-state index in [2.05, 4.69) is 11.9 Å². The highest BCUT2D eigenvalue weighted by molar-refractivity contribution is 6.20. The van der Waals surface area contributed by atoms with Crippen molar-refractivity contribution in [1.82, 2.24) is 4.98 Å². The van der Waals surface area contributed by atoms with Crippen molar-refractivity contribution >= 4 is 17.4 Å². The minimum absolute atomic E-state index is 0.0889. The summed E-state index contributed by atoms with van der Waals surface area (Å²) in [5.74, 6) is 1.67. The fourth-order valence-electron chi connectivity index (χ4n) is 1.46. The number of ether oxygens (including phenoxy) is 1. The summed E-state index contributed by atoms with van der Waals surface area (Å²) in [7, 11) is 1.97. The molecule has 0 aliphatic heterocycles. The Bertz CT molecular complexity index is 318. The third-order valence-corrected chi connectivity index (χ3v) is 2.24. The van der Waals surface area contributed by atoms with Crippen LogP contribution in [0.3, 0.4) is 0 Å². The van der Waals surface area contributed by atoms with E-state index in [1.165, 1.54) is 0 Å². The number of rotatable bonds is 6. The number of alkyl halides is 1. The first-order valence-electron chi connectivity index (χ1n) is 5.58. The van der Waals surface area contributed by atoms with Gasteiger partial charge in [0.2, 0.25) is 0 Å². The first kappa shape index (κ1) is 13.1. The van der Waals surface area contributed by atoms with Crippen LogP contribution in [0.25, 0.3) is 0 Å². The Balaban J connectivity index is 2.76. The highest BCUT2D eigenvalue weighted by Gasteiger charge is 2.11. The molecule has 1 aromatic rings. The fraction of sp³-hybridized carbons (Fsp3) is 0.583. The van der Waals surface area contributed by atoms with Gasteiger partial charge >= 0.3 is 0 Å². The highest BCUT2D eigenvalue weighted by Crippen LogP contribution is 2.24. The molecule has 0 saturated carbocycles. The van der Waals surface area contributed by atoms with Crippen LogP contribution in [0.1, 0.15) is 20.3 Å². The van der Waals surface area contributed by atoms with Gasteiger partial charge in [-0.05, 0) is 25.5 Å². The molecule has 0 aromatic carbocycles. The van der Waals surface area contributed by atoms with Crippen LogP contribution in [0.15, 0.2) is 18.3 Å². The standard InChI is InChI=1S/C12H19ClN2O/c1-4-8-16-11-6-5-7-14-12(11)15(3)9-10(2)13/h5-7,10H,4,8-9H2,1-3H3. The number of halogens is 1. The molecule has 0 N–H and O–H groups in total. The summed E-state index contributed by atoms with van der Waals surface area (Å²) in [6.45, 7) is 5.51.